The third-order valence-corrected chi connectivity index (χ3v) is 6.11. The highest BCUT2D eigenvalue weighted by Gasteiger charge is 2.53. The van der Waals surface area contributed by atoms with Crippen molar-refractivity contribution in [3.8, 4) is 0 Å². The van der Waals surface area contributed by atoms with Gasteiger partial charge in [0.2, 0.25) is 0 Å². The second kappa shape index (κ2) is 3.57. The largest absolute Gasteiger partial charge is 0.337 e. The predicted octanol–water partition coefficient (Wildman–Crippen LogP) is 3.22. The van der Waals surface area contributed by atoms with E-state index in [0.717, 1.165) is 34.6 Å². The predicted molar refractivity (Wildman–Crippen MR) is 79.7 cm³/mol. The van der Waals surface area contributed by atoms with E-state index in [1.807, 2.05) is 4.68 Å². The fourth-order valence-corrected chi connectivity index (χ4v) is 5.80. The zero-order valence-corrected chi connectivity index (χ0v) is 11.8. The van der Waals surface area contributed by atoms with E-state index in [1.54, 1.807) is 0 Å². The maximum atomic E-state index is 6.41. The van der Waals surface area contributed by atoms with Gasteiger partial charge in [0.25, 0.3) is 0 Å². The topological polar surface area (TPSA) is 43.8 Å². The Morgan fingerprint density at radius 3 is 2.20 bits per heavy atom. The maximum Gasteiger partial charge on any atom is 0.134 e. The van der Waals surface area contributed by atoms with E-state index in [-0.39, 0.29) is 5.41 Å². The van der Waals surface area contributed by atoms with Crippen LogP contribution >= 0.6 is 0 Å². The van der Waals surface area contributed by atoms with Gasteiger partial charge in [-0.15, -0.1) is 0 Å². The van der Waals surface area contributed by atoms with Gasteiger partial charge < -0.3 is 5.84 Å². The minimum atomic E-state index is 0.280. The van der Waals surface area contributed by atoms with Gasteiger partial charge in [0.1, 0.15) is 5.82 Å². The van der Waals surface area contributed by atoms with E-state index >= 15 is 0 Å². The van der Waals surface area contributed by atoms with Crippen LogP contribution in [0.5, 0.6) is 0 Å². The SMILES string of the molecule is Nn1c(C23CC4CC(CC(C4)C2)C3)nc2ccccc21. The van der Waals surface area contributed by atoms with Gasteiger partial charge in [-0.1, -0.05) is 12.1 Å². The Hall–Kier alpha value is -1.51. The molecule has 0 unspecified atom stereocenters. The molecule has 20 heavy (non-hydrogen) atoms. The molecule has 1 aromatic carbocycles. The first-order valence-corrected chi connectivity index (χ1v) is 7.96. The first kappa shape index (κ1) is 11.2. The van der Waals surface area contributed by atoms with Crippen LogP contribution in [0, 0.1) is 17.8 Å². The highest BCUT2D eigenvalue weighted by atomic mass is 15.3. The summed E-state index contributed by atoms with van der Waals surface area (Å²) in [6.45, 7) is 0. The molecule has 6 rings (SSSR count). The van der Waals surface area contributed by atoms with E-state index in [1.165, 1.54) is 38.5 Å². The van der Waals surface area contributed by atoms with Crippen LogP contribution in [0.4, 0.5) is 0 Å². The van der Waals surface area contributed by atoms with Crippen LogP contribution in [-0.2, 0) is 5.41 Å². The van der Waals surface area contributed by atoms with Crippen LogP contribution < -0.4 is 5.84 Å². The van der Waals surface area contributed by atoms with Crippen molar-refractivity contribution in [2.24, 2.45) is 17.8 Å². The van der Waals surface area contributed by atoms with E-state index in [4.69, 9.17) is 10.8 Å². The molecule has 0 atom stereocenters. The molecule has 4 aliphatic rings. The second-order valence-corrected chi connectivity index (χ2v) is 7.49. The van der Waals surface area contributed by atoms with Gasteiger partial charge in [-0.3, -0.25) is 0 Å². The fraction of sp³-hybridized carbons (Fsp3) is 0.588. The first-order chi connectivity index (χ1) is 9.73. The summed E-state index contributed by atoms with van der Waals surface area (Å²) in [4.78, 5) is 4.94. The van der Waals surface area contributed by atoms with E-state index < -0.39 is 0 Å². The van der Waals surface area contributed by atoms with Crippen molar-refractivity contribution in [3.05, 3.63) is 30.1 Å². The molecule has 0 saturated heterocycles. The number of rotatable bonds is 1. The van der Waals surface area contributed by atoms with Crippen LogP contribution in [-0.4, -0.2) is 9.66 Å². The van der Waals surface area contributed by atoms with Crippen molar-refractivity contribution < 1.29 is 0 Å². The zero-order valence-electron chi connectivity index (χ0n) is 11.8. The molecule has 0 aliphatic heterocycles. The second-order valence-electron chi connectivity index (χ2n) is 7.49. The molecule has 1 heterocycles. The lowest BCUT2D eigenvalue weighted by molar-refractivity contribution is -0.0101. The van der Waals surface area contributed by atoms with Crippen molar-refractivity contribution in [1.29, 1.82) is 0 Å². The first-order valence-electron chi connectivity index (χ1n) is 7.96. The Morgan fingerprint density at radius 1 is 1.00 bits per heavy atom. The van der Waals surface area contributed by atoms with Gasteiger partial charge in [0, 0.05) is 5.41 Å². The number of nitrogen functional groups attached to an aromatic ring is 1. The Morgan fingerprint density at radius 2 is 1.60 bits per heavy atom. The molecule has 4 aliphatic carbocycles. The molecule has 104 valence electrons. The average Bonchev–Trinajstić information content (AvgIpc) is 2.76. The lowest BCUT2D eigenvalue weighted by Crippen LogP contribution is -2.50. The number of nitrogens with zero attached hydrogens (tertiary/aromatic N) is 2. The molecule has 4 fully saturated rings. The van der Waals surface area contributed by atoms with Gasteiger partial charge in [0.15, 0.2) is 0 Å². The molecule has 3 nitrogen and oxygen atoms in total. The van der Waals surface area contributed by atoms with Crippen molar-refractivity contribution in [1.82, 2.24) is 9.66 Å². The summed E-state index contributed by atoms with van der Waals surface area (Å²) in [5.41, 5.74) is 2.42. The molecule has 2 aromatic rings. The van der Waals surface area contributed by atoms with Gasteiger partial charge >= 0.3 is 0 Å². The molecular formula is C17H21N3. The number of nitrogens with two attached hydrogens (primary N) is 1. The smallest absolute Gasteiger partial charge is 0.134 e. The third kappa shape index (κ3) is 1.33. The summed E-state index contributed by atoms with van der Waals surface area (Å²) in [5.74, 6) is 10.4. The average molecular weight is 267 g/mol. The van der Waals surface area contributed by atoms with Crippen LogP contribution in [0.15, 0.2) is 24.3 Å². The lowest BCUT2D eigenvalue weighted by atomic mass is 9.49. The summed E-state index contributed by atoms with van der Waals surface area (Å²) in [6, 6.07) is 8.28. The summed E-state index contributed by atoms with van der Waals surface area (Å²) in [6.07, 6.45) is 8.34. The Balaban J connectivity index is 1.69. The summed E-state index contributed by atoms with van der Waals surface area (Å²) in [5, 5.41) is 0. The van der Waals surface area contributed by atoms with Gasteiger partial charge in [-0.05, 0) is 68.4 Å². The van der Waals surface area contributed by atoms with Crippen LogP contribution in [0.3, 0.4) is 0 Å². The quantitative estimate of drug-likeness (QED) is 0.806. The van der Waals surface area contributed by atoms with Gasteiger partial charge in [0.05, 0.1) is 11.0 Å². The lowest BCUT2D eigenvalue weighted by Gasteiger charge is -2.56. The summed E-state index contributed by atoms with van der Waals surface area (Å²) < 4.78 is 1.89. The number of aromatic nitrogens is 2. The van der Waals surface area contributed by atoms with Crippen molar-refractivity contribution in [2.45, 2.75) is 43.9 Å². The monoisotopic (exact) mass is 267 g/mol. The minimum Gasteiger partial charge on any atom is -0.337 e. The van der Waals surface area contributed by atoms with E-state index in [2.05, 4.69) is 24.3 Å². The van der Waals surface area contributed by atoms with E-state index in [0.29, 0.717) is 0 Å². The zero-order chi connectivity index (χ0) is 13.3. The summed E-state index contributed by atoms with van der Waals surface area (Å²) >= 11 is 0. The van der Waals surface area contributed by atoms with Gasteiger partial charge in [-0.2, -0.15) is 0 Å². The molecule has 0 amide bonds. The number of hydrogen-bond acceptors (Lipinski definition) is 2. The number of fused-ring (bicyclic) bond motifs is 1. The molecular weight excluding hydrogens is 246 g/mol. The van der Waals surface area contributed by atoms with Crippen LogP contribution in [0.2, 0.25) is 0 Å². The van der Waals surface area contributed by atoms with Crippen molar-refractivity contribution in [3.63, 3.8) is 0 Å². The Labute approximate surface area is 119 Å². The molecule has 2 N–H and O–H groups in total. The van der Waals surface area contributed by atoms with Crippen molar-refractivity contribution in [2.75, 3.05) is 5.84 Å². The Bertz CT molecular complexity index is 649. The highest BCUT2D eigenvalue weighted by Crippen LogP contribution is 2.60. The number of imidazole rings is 1. The third-order valence-electron chi connectivity index (χ3n) is 6.11. The molecule has 1 aromatic heterocycles. The fourth-order valence-electron chi connectivity index (χ4n) is 5.80. The van der Waals surface area contributed by atoms with Crippen LogP contribution in [0.25, 0.3) is 11.0 Å². The van der Waals surface area contributed by atoms with Gasteiger partial charge in [-0.25, -0.2) is 9.66 Å². The number of benzene rings is 1. The number of hydrogen-bond donors (Lipinski definition) is 1. The summed E-state index contributed by atoms with van der Waals surface area (Å²) in [7, 11) is 0. The maximum absolute atomic E-state index is 6.41. The highest BCUT2D eigenvalue weighted by molar-refractivity contribution is 5.76. The standard InChI is InChI=1S/C17H21N3/c18-20-15-4-2-1-3-14(15)19-16(20)17-8-11-5-12(9-17)7-13(6-11)10-17/h1-4,11-13H,5-10,18H2. The van der Waals surface area contributed by atoms with Crippen LogP contribution in [0.1, 0.15) is 44.3 Å². The Kier molecular flexibility index (Phi) is 2.00. The molecule has 4 saturated carbocycles. The molecule has 0 spiro atoms. The minimum absolute atomic E-state index is 0.280. The normalized spacial score (nSPS) is 38.7. The van der Waals surface area contributed by atoms with Crippen molar-refractivity contribution >= 4 is 11.0 Å². The molecule has 4 bridgehead atoms. The number of para-hydroxylation sites is 2. The van der Waals surface area contributed by atoms with E-state index in [9.17, 15) is 0 Å². The molecule has 3 heteroatoms. The molecule has 0 radical (unpaired) electrons.